The van der Waals surface area contributed by atoms with Gasteiger partial charge in [-0.3, -0.25) is 9.89 Å². The Bertz CT molecular complexity index is 628. The third kappa shape index (κ3) is 7.29. The molecule has 1 fully saturated rings. The molecule has 1 aliphatic rings. The number of methoxy groups -OCH3 is 2. The van der Waals surface area contributed by atoms with Gasteiger partial charge < -0.3 is 24.8 Å². The Morgan fingerprint density at radius 1 is 1.18 bits per heavy atom. The van der Waals surface area contributed by atoms with Crippen LogP contribution in [0, 0.1) is 0 Å². The molecule has 0 saturated carbocycles. The molecule has 1 atom stereocenters. The van der Waals surface area contributed by atoms with Gasteiger partial charge in [0, 0.05) is 32.2 Å². The lowest BCUT2D eigenvalue weighted by atomic mass is 10.0. The SMILES string of the molecule is CN=C(NCC(c1ccc(OC)c(OC)c1)N1CCOCC1)NC(C)(C)C.I. The summed E-state index contributed by atoms with van der Waals surface area (Å²) in [7, 11) is 5.11. The smallest absolute Gasteiger partial charge is 0.191 e. The molecule has 0 spiro atoms. The summed E-state index contributed by atoms with van der Waals surface area (Å²) in [5, 5.41) is 6.88. The van der Waals surface area contributed by atoms with E-state index in [0.717, 1.165) is 50.3 Å². The first-order valence-corrected chi connectivity index (χ1v) is 9.40. The number of aliphatic imine (C=N–C) groups is 1. The molecule has 8 heteroatoms. The van der Waals surface area contributed by atoms with Crippen LogP contribution in [-0.2, 0) is 4.74 Å². The van der Waals surface area contributed by atoms with Crippen LogP contribution in [0.15, 0.2) is 23.2 Å². The van der Waals surface area contributed by atoms with Gasteiger partial charge in [0.1, 0.15) is 0 Å². The molecule has 0 aromatic heterocycles. The molecule has 2 N–H and O–H groups in total. The van der Waals surface area contributed by atoms with Crippen molar-refractivity contribution in [3.8, 4) is 11.5 Å². The van der Waals surface area contributed by atoms with Crippen LogP contribution in [0.1, 0.15) is 32.4 Å². The summed E-state index contributed by atoms with van der Waals surface area (Å²) in [6.07, 6.45) is 0. The number of halogens is 1. The maximum atomic E-state index is 5.54. The Morgan fingerprint density at radius 3 is 2.36 bits per heavy atom. The molecule has 1 aromatic carbocycles. The van der Waals surface area contributed by atoms with Crippen molar-refractivity contribution >= 4 is 29.9 Å². The molecule has 0 aliphatic carbocycles. The van der Waals surface area contributed by atoms with Gasteiger partial charge in [-0.05, 0) is 38.5 Å². The predicted molar refractivity (Wildman–Crippen MR) is 124 cm³/mol. The van der Waals surface area contributed by atoms with Crippen molar-refractivity contribution < 1.29 is 14.2 Å². The van der Waals surface area contributed by atoms with Gasteiger partial charge in [-0.2, -0.15) is 0 Å². The normalized spacial score (nSPS) is 16.7. The average molecular weight is 506 g/mol. The summed E-state index contributed by atoms with van der Waals surface area (Å²) in [5.41, 5.74) is 1.12. The first-order valence-electron chi connectivity index (χ1n) is 9.40. The number of benzene rings is 1. The van der Waals surface area contributed by atoms with E-state index in [-0.39, 0.29) is 35.6 Å². The van der Waals surface area contributed by atoms with Crippen LogP contribution in [0.3, 0.4) is 0 Å². The van der Waals surface area contributed by atoms with E-state index in [1.807, 2.05) is 6.07 Å². The van der Waals surface area contributed by atoms with Crippen molar-refractivity contribution in [3.63, 3.8) is 0 Å². The van der Waals surface area contributed by atoms with Crippen LogP contribution in [0.4, 0.5) is 0 Å². The van der Waals surface area contributed by atoms with Gasteiger partial charge in [0.15, 0.2) is 17.5 Å². The summed E-state index contributed by atoms with van der Waals surface area (Å²) < 4.78 is 16.4. The van der Waals surface area contributed by atoms with Crippen LogP contribution in [-0.4, -0.2) is 70.5 Å². The van der Waals surface area contributed by atoms with E-state index in [1.165, 1.54) is 5.56 Å². The number of rotatable bonds is 6. The van der Waals surface area contributed by atoms with E-state index in [2.05, 4.69) is 53.4 Å². The Hall–Kier alpha value is -1.26. The third-order valence-electron chi connectivity index (χ3n) is 4.46. The van der Waals surface area contributed by atoms with Crippen molar-refractivity contribution in [2.75, 3.05) is 54.1 Å². The lowest BCUT2D eigenvalue weighted by Crippen LogP contribution is -2.50. The second kappa shape index (κ2) is 11.7. The lowest BCUT2D eigenvalue weighted by molar-refractivity contribution is 0.0169. The average Bonchev–Trinajstić information content (AvgIpc) is 2.66. The fourth-order valence-corrected chi connectivity index (χ4v) is 3.13. The standard InChI is InChI=1S/C20H34N4O3.HI/c1-20(2,3)23-19(21-4)22-14-16(24-9-11-27-12-10-24)15-7-8-17(25-5)18(13-15)26-6;/h7-8,13,16H,9-12,14H2,1-6H3,(H2,21,22,23);1H. The molecule has 7 nitrogen and oxygen atoms in total. The molecule has 0 amide bonds. The lowest BCUT2D eigenvalue weighted by Gasteiger charge is -2.35. The molecular formula is C20H35IN4O3. The minimum absolute atomic E-state index is 0. The van der Waals surface area contributed by atoms with E-state index in [0.29, 0.717) is 0 Å². The van der Waals surface area contributed by atoms with E-state index in [4.69, 9.17) is 14.2 Å². The highest BCUT2D eigenvalue weighted by atomic mass is 127. The molecule has 1 unspecified atom stereocenters. The molecule has 1 aromatic rings. The van der Waals surface area contributed by atoms with Crippen LogP contribution >= 0.6 is 24.0 Å². The molecule has 1 heterocycles. The van der Waals surface area contributed by atoms with Gasteiger partial charge in [-0.15, -0.1) is 24.0 Å². The van der Waals surface area contributed by atoms with Gasteiger partial charge >= 0.3 is 0 Å². The maximum absolute atomic E-state index is 5.54. The molecule has 0 radical (unpaired) electrons. The van der Waals surface area contributed by atoms with Crippen LogP contribution in [0.5, 0.6) is 11.5 Å². The van der Waals surface area contributed by atoms with Crippen LogP contribution < -0.4 is 20.1 Å². The zero-order valence-electron chi connectivity index (χ0n) is 17.9. The van der Waals surface area contributed by atoms with Crippen molar-refractivity contribution in [1.29, 1.82) is 0 Å². The zero-order valence-corrected chi connectivity index (χ0v) is 20.2. The third-order valence-corrected chi connectivity index (χ3v) is 4.46. The minimum Gasteiger partial charge on any atom is -0.493 e. The van der Waals surface area contributed by atoms with Gasteiger partial charge in [0.2, 0.25) is 0 Å². The van der Waals surface area contributed by atoms with E-state index in [1.54, 1.807) is 21.3 Å². The Labute approximate surface area is 186 Å². The monoisotopic (exact) mass is 506 g/mol. The molecular weight excluding hydrogens is 471 g/mol. The molecule has 2 rings (SSSR count). The molecule has 0 bridgehead atoms. The highest BCUT2D eigenvalue weighted by Gasteiger charge is 2.24. The van der Waals surface area contributed by atoms with Crippen LogP contribution in [0.25, 0.3) is 0 Å². The number of hydrogen-bond donors (Lipinski definition) is 2. The summed E-state index contributed by atoms with van der Waals surface area (Å²) in [4.78, 5) is 6.78. The van der Waals surface area contributed by atoms with E-state index < -0.39 is 0 Å². The number of nitrogens with one attached hydrogen (secondary N) is 2. The Morgan fingerprint density at radius 2 is 1.82 bits per heavy atom. The van der Waals surface area contributed by atoms with Crippen molar-refractivity contribution in [2.45, 2.75) is 32.4 Å². The fourth-order valence-electron chi connectivity index (χ4n) is 3.13. The van der Waals surface area contributed by atoms with Crippen molar-refractivity contribution in [1.82, 2.24) is 15.5 Å². The fraction of sp³-hybridized carbons (Fsp3) is 0.650. The Balaban J connectivity index is 0.00000392. The number of guanidine groups is 1. The Kier molecular flexibility index (Phi) is 10.3. The molecule has 1 aliphatic heterocycles. The highest BCUT2D eigenvalue weighted by Crippen LogP contribution is 2.32. The van der Waals surface area contributed by atoms with E-state index >= 15 is 0 Å². The second-order valence-corrected chi connectivity index (χ2v) is 7.61. The van der Waals surface area contributed by atoms with Gasteiger partial charge in [0.05, 0.1) is 33.5 Å². The summed E-state index contributed by atoms with van der Waals surface area (Å²) in [6, 6.07) is 6.29. The molecule has 28 heavy (non-hydrogen) atoms. The second-order valence-electron chi connectivity index (χ2n) is 7.61. The summed E-state index contributed by atoms with van der Waals surface area (Å²) >= 11 is 0. The molecule has 160 valence electrons. The minimum atomic E-state index is -0.0559. The van der Waals surface area contributed by atoms with Gasteiger partial charge in [0.25, 0.3) is 0 Å². The maximum Gasteiger partial charge on any atom is 0.191 e. The number of morpholine rings is 1. The number of hydrogen-bond acceptors (Lipinski definition) is 5. The number of nitrogens with zero attached hydrogens (tertiary/aromatic N) is 2. The topological polar surface area (TPSA) is 67.4 Å². The largest absolute Gasteiger partial charge is 0.493 e. The van der Waals surface area contributed by atoms with Gasteiger partial charge in [-0.25, -0.2) is 0 Å². The van der Waals surface area contributed by atoms with Crippen molar-refractivity contribution in [3.05, 3.63) is 23.8 Å². The first kappa shape index (κ1) is 24.8. The van der Waals surface area contributed by atoms with Crippen LogP contribution in [0.2, 0.25) is 0 Å². The molecule has 1 saturated heterocycles. The summed E-state index contributed by atoms with van der Waals surface area (Å²) in [5.74, 6) is 2.27. The van der Waals surface area contributed by atoms with Crippen molar-refractivity contribution in [2.24, 2.45) is 4.99 Å². The van der Waals surface area contributed by atoms with Gasteiger partial charge in [-0.1, -0.05) is 6.07 Å². The quantitative estimate of drug-likeness (QED) is 0.352. The zero-order chi connectivity index (χ0) is 19.9. The predicted octanol–water partition coefficient (Wildman–Crippen LogP) is 2.66. The van der Waals surface area contributed by atoms with E-state index in [9.17, 15) is 0 Å². The summed E-state index contributed by atoms with van der Waals surface area (Å²) in [6.45, 7) is 10.4. The first-order chi connectivity index (χ1) is 12.9. The highest BCUT2D eigenvalue weighted by molar-refractivity contribution is 14.0. The number of ether oxygens (including phenoxy) is 3.